The molecule has 0 amide bonds. The summed E-state index contributed by atoms with van der Waals surface area (Å²) >= 11 is 0. The van der Waals surface area contributed by atoms with Crippen molar-refractivity contribution in [1.29, 1.82) is 0 Å². The molecule has 2 bridgehead atoms. The van der Waals surface area contributed by atoms with Crippen molar-refractivity contribution in [2.75, 3.05) is 19.6 Å². The van der Waals surface area contributed by atoms with Gasteiger partial charge in [-0.2, -0.15) is 4.98 Å². The SMILES string of the molecule is Cc1nc(=O)n(C2CN3CCC2CC3)c(C)c1CC(=O)O. The fourth-order valence-corrected chi connectivity index (χ4v) is 3.84. The van der Waals surface area contributed by atoms with Crippen LogP contribution in [-0.2, 0) is 11.2 Å². The second-order valence-electron chi connectivity index (χ2n) is 6.19. The average Bonchev–Trinajstić information content (AvgIpc) is 2.44. The van der Waals surface area contributed by atoms with Crippen LogP contribution in [-0.4, -0.2) is 45.2 Å². The fraction of sp³-hybridized carbons (Fsp3) is 0.667. The van der Waals surface area contributed by atoms with Crippen molar-refractivity contribution in [2.45, 2.75) is 39.2 Å². The monoisotopic (exact) mass is 291 g/mol. The molecule has 1 atom stereocenters. The highest BCUT2D eigenvalue weighted by atomic mass is 16.4. The maximum atomic E-state index is 12.4. The van der Waals surface area contributed by atoms with E-state index in [-0.39, 0.29) is 18.2 Å². The first-order valence-corrected chi connectivity index (χ1v) is 7.50. The smallest absolute Gasteiger partial charge is 0.348 e. The molecule has 1 aromatic heterocycles. The first-order chi connectivity index (χ1) is 9.97. The number of carbonyl (C=O) groups is 1. The van der Waals surface area contributed by atoms with E-state index >= 15 is 0 Å². The standard InChI is InChI=1S/C15H21N3O3/c1-9-12(7-14(19)20)10(2)18(15(21)16-9)13-8-17-5-3-11(13)4-6-17/h11,13H,3-8H2,1-2H3,(H,19,20). The summed E-state index contributed by atoms with van der Waals surface area (Å²) in [7, 11) is 0. The van der Waals surface area contributed by atoms with E-state index in [0.29, 0.717) is 17.2 Å². The van der Waals surface area contributed by atoms with E-state index in [4.69, 9.17) is 5.11 Å². The quantitative estimate of drug-likeness (QED) is 0.889. The van der Waals surface area contributed by atoms with E-state index in [2.05, 4.69) is 9.88 Å². The number of carboxylic acid groups (broad SMARTS) is 1. The zero-order chi connectivity index (χ0) is 15.1. The lowest BCUT2D eigenvalue weighted by molar-refractivity contribution is -0.136. The van der Waals surface area contributed by atoms with Crippen LogP contribution in [0.15, 0.2) is 4.79 Å². The highest BCUT2D eigenvalue weighted by Gasteiger charge is 2.36. The third kappa shape index (κ3) is 2.48. The number of hydrogen-bond acceptors (Lipinski definition) is 4. The maximum absolute atomic E-state index is 12.4. The minimum absolute atomic E-state index is 0.0773. The van der Waals surface area contributed by atoms with Gasteiger partial charge in [0, 0.05) is 23.5 Å². The highest BCUT2D eigenvalue weighted by molar-refractivity contribution is 5.70. The molecule has 6 heteroatoms. The van der Waals surface area contributed by atoms with E-state index in [9.17, 15) is 9.59 Å². The predicted molar refractivity (Wildman–Crippen MR) is 77.5 cm³/mol. The second kappa shape index (κ2) is 5.26. The minimum Gasteiger partial charge on any atom is -0.481 e. The van der Waals surface area contributed by atoms with Gasteiger partial charge in [-0.05, 0) is 45.7 Å². The van der Waals surface area contributed by atoms with Crippen LogP contribution < -0.4 is 5.69 Å². The first-order valence-electron chi connectivity index (χ1n) is 7.50. The van der Waals surface area contributed by atoms with Crippen molar-refractivity contribution in [1.82, 2.24) is 14.5 Å². The van der Waals surface area contributed by atoms with Gasteiger partial charge in [-0.25, -0.2) is 4.79 Å². The van der Waals surface area contributed by atoms with Crippen LogP contribution in [0.2, 0.25) is 0 Å². The lowest BCUT2D eigenvalue weighted by Gasteiger charge is -2.45. The van der Waals surface area contributed by atoms with Gasteiger partial charge in [0.2, 0.25) is 0 Å². The summed E-state index contributed by atoms with van der Waals surface area (Å²) in [5.74, 6) is -0.379. The van der Waals surface area contributed by atoms with Crippen LogP contribution in [0.1, 0.15) is 35.8 Å². The molecule has 1 N–H and O–H groups in total. The van der Waals surface area contributed by atoms with Gasteiger partial charge < -0.3 is 10.0 Å². The van der Waals surface area contributed by atoms with Crippen LogP contribution in [0.4, 0.5) is 0 Å². The van der Waals surface area contributed by atoms with Crippen molar-refractivity contribution in [3.05, 3.63) is 27.4 Å². The van der Waals surface area contributed by atoms with E-state index < -0.39 is 5.97 Å². The molecule has 0 radical (unpaired) electrons. The third-order valence-electron chi connectivity index (χ3n) is 4.99. The van der Waals surface area contributed by atoms with Crippen molar-refractivity contribution in [3.8, 4) is 0 Å². The summed E-state index contributed by atoms with van der Waals surface area (Å²) < 4.78 is 1.75. The third-order valence-corrected chi connectivity index (χ3v) is 4.99. The molecular formula is C15H21N3O3. The molecule has 0 saturated carbocycles. The largest absolute Gasteiger partial charge is 0.481 e. The van der Waals surface area contributed by atoms with Gasteiger partial charge in [0.05, 0.1) is 12.5 Å². The van der Waals surface area contributed by atoms with Crippen LogP contribution in [0.3, 0.4) is 0 Å². The number of aryl methyl sites for hydroxylation is 1. The average molecular weight is 291 g/mol. The maximum Gasteiger partial charge on any atom is 0.348 e. The lowest BCUT2D eigenvalue weighted by atomic mass is 9.83. The summed E-state index contributed by atoms with van der Waals surface area (Å²) in [5, 5.41) is 9.07. The van der Waals surface area contributed by atoms with Crippen molar-refractivity contribution in [3.63, 3.8) is 0 Å². The number of piperidine rings is 3. The molecule has 114 valence electrons. The van der Waals surface area contributed by atoms with Crippen molar-refractivity contribution < 1.29 is 9.90 Å². The molecule has 1 unspecified atom stereocenters. The zero-order valence-corrected chi connectivity index (χ0v) is 12.5. The Labute approximate surface area is 123 Å². The summed E-state index contributed by atoms with van der Waals surface area (Å²) in [6.07, 6.45) is 2.14. The van der Waals surface area contributed by atoms with E-state index in [1.54, 1.807) is 11.5 Å². The number of fused-ring (bicyclic) bond motifs is 3. The van der Waals surface area contributed by atoms with Crippen molar-refractivity contribution >= 4 is 5.97 Å². The Morgan fingerprint density at radius 3 is 2.52 bits per heavy atom. The van der Waals surface area contributed by atoms with E-state index in [1.807, 2.05) is 6.92 Å². The molecular weight excluding hydrogens is 270 g/mol. The summed E-state index contributed by atoms with van der Waals surface area (Å²) in [4.78, 5) is 29.9. The molecule has 0 aliphatic carbocycles. The van der Waals surface area contributed by atoms with Gasteiger partial charge in [0.1, 0.15) is 0 Å². The summed E-state index contributed by atoms with van der Waals surface area (Å²) in [6.45, 7) is 6.66. The predicted octanol–water partition coefficient (Wildman–Crippen LogP) is 0.754. The highest BCUT2D eigenvalue weighted by Crippen LogP contribution is 2.35. The molecule has 4 heterocycles. The summed E-state index contributed by atoms with van der Waals surface area (Å²) in [5.41, 5.74) is 1.75. The Bertz CT molecular complexity index is 630. The molecule has 1 aromatic rings. The zero-order valence-electron chi connectivity index (χ0n) is 12.5. The first kappa shape index (κ1) is 14.3. The Kier molecular flexibility index (Phi) is 3.57. The lowest BCUT2D eigenvalue weighted by Crippen LogP contribution is -2.51. The Balaban J connectivity index is 2.06. The van der Waals surface area contributed by atoms with Gasteiger partial charge in [0.25, 0.3) is 0 Å². The molecule has 3 saturated heterocycles. The number of hydrogen-bond donors (Lipinski definition) is 1. The molecule has 3 fully saturated rings. The molecule has 4 rings (SSSR count). The number of carboxylic acids is 1. The van der Waals surface area contributed by atoms with Crippen LogP contribution in [0.25, 0.3) is 0 Å². The number of aromatic nitrogens is 2. The van der Waals surface area contributed by atoms with Crippen LogP contribution in [0.5, 0.6) is 0 Å². The topological polar surface area (TPSA) is 75.4 Å². The van der Waals surface area contributed by atoms with Crippen molar-refractivity contribution in [2.24, 2.45) is 5.92 Å². The van der Waals surface area contributed by atoms with Gasteiger partial charge in [0.15, 0.2) is 0 Å². The minimum atomic E-state index is -0.887. The fourth-order valence-electron chi connectivity index (χ4n) is 3.84. The Morgan fingerprint density at radius 2 is 2.00 bits per heavy atom. The molecule has 6 nitrogen and oxygen atoms in total. The summed E-state index contributed by atoms with van der Waals surface area (Å²) in [6, 6.07) is 0.139. The van der Waals surface area contributed by atoms with Crippen LogP contribution >= 0.6 is 0 Å². The molecule has 3 aliphatic heterocycles. The Hall–Kier alpha value is -1.69. The number of nitrogens with zero attached hydrogens (tertiary/aromatic N) is 3. The van der Waals surface area contributed by atoms with Gasteiger partial charge in [-0.3, -0.25) is 9.36 Å². The van der Waals surface area contributed by atoms with Gasteiger partial charge in [-0.15, -0.1) is 0 Å². The number of rotatable bonds is 3. The molecule has 21 heavy (non-hydrogen) atoms. The van der Waals surface area contributed by atoms with Gasteiger partial charge >= 0.3 is 11.7 Å². The normalized spacial score (nSPS) is 27.8. The van der Waals surface area contributed by atoms with Crippen LogP contribution in [0, 0.1) is 19.8 Å². The number of aliphatic carboxylic acids is 1. The molecule has 0 spiro atoms. The molecule has 3 aliphatic rings. The van der Waals surface area contributed by atoms with Gasteiger partial charge in [-0.1, -0.05) is 0 Å². The van der Waals surface area contributed by atoms with E-state index in [1.165, 1.54) is 0 Å². The van der Waals surface area contributed by atoms with E-state index in [0.717, 1.165) is 38.2 Å². The molecule has 0 aromatic carbocycles. The Morgan fingerprint density at radius 1 is 1.33 bits per heavy atom. The second-order valence-corrected chi connectivity index (χ2v) is 6.19.